The molecule has 2 nitrogen and oxygen atoms in total. The zero-order chi connectivity index (χ0) is 14.1. The maximum Gasteiger partial charge on any atom is 0.142 e. The van der Waals surface area contributed by atoms with Gasteiger partial charge in [-0.05, 0) is 106 Å². The quantitative estimate of drug-likeness (QED) is 0.671. The van der Waals surface area contributed by atoms with E-state index in [-0.39, 0.29) is 11.2 Å². The normalized spacial score (nSPS) is 69.8. The van der Waals surface area contributed by atoms with Gasteiger partial charge >= 0.3 is 0 Å². The van der Waals surface area contributed by atoms with Gasteiger partial charge in [-0.15, -0.1) is 0 Å². The molecule has 8 aliphatic carbocycles. The molecule has 8 bridgehead atoms. The van der Waals surface area contributed by atoms with Gasteiger partial charge in [0.15, 0.2) is 0 Å². The highest BCUT2D eigenvalue weighted by Gasteiger charge is 2.79. The molecule has 8 saturated carbocycles. The molecule has 0 aromatic carbocycles. The molecule has 2 heteroatoms. The molecule has 1 aliphatic heterocycles. The van der Waals surface area contributed by atoms with Gasteiger partial charge in [0.1, 0.15) is 11.2 Å². The molecule has 1 spiro atoms. The summed E-state index contributed by atoms with van der Waals surface area (Å²) in [6.45, 7) is 0. The highest BCUT2D eigenvalue weighted by Crippen LogP contribution is 2.74. The zero-order valence-electron chi connectivity index (χ0n) is 13.5. The van der Waals surface area contributed by atoms with Crippen LogP contribution in [0.2, 0.25) is 0 Å². The maximum atomic E-state index is 6.27. The third-order valence-corrected chi connectivity index (χ3v) is 9.52. The van der Waals surface area contributed by atoms with E-state index in [2.05, 4.69) is 0 Å². The summed E-state index contributed by atoms with van der Waals surface area (Å²) in [6, 6.07) is 0. The maximum absolute atomic E-state index is 6.27. The van der Waals surface area contributed by atoms with Crippen molar-refractivity contribution in [1.29, 1.82) is 0 Å². The van der Waals surface area contributed by atoms with E-state index in [1.54, 1.807) is 6.42 Å². The lowest BCUT2D eigenvalue weighted by Gasteiger charge is -2.75. The Balaban J connectivity index is 1.35. The summed E-state index contributed by atoms with van der Waals surface area (Å²) in [4.78, 5) is 12.3. The number of hydrogen-bond acceptors (Lipinski definition) is 2. The topological polar surface area (TPSA) is 18.5 Å². The minimum absolute atomic E-state index is 0.168. The highest BCUT2D eigenvalue weighted by atomic mass is 17.3. The third-order valence-electron chi connectivity index (χ3n) is 9.52. The van der Waals surface area contributed by atoms with Gasteiger partial charge in [0.25, 0.3) is 0 Å². The molecule has 9 rings (SSSR count). The van der Waals surface area contributed by atoms with Gasteiger partial charge in [0, 0.05) is 5.92 Å². The lowest BCUT2D eigenvalue weighted by atomic mass is 9.38. The van der Waals surface area contributed by atoms with E-state index < -0.39 is 0 Å². The van der Waals surface area contributed by atoms with Gasteiger partial charge in [0.05, 0.1) is 0 Å². The Bertz CT molecular complexity index is 500. The Labute approximate surface area is 133 Å². The van der Waals surface area contributed by atoms with Crippen LogP contribution in [0.1, 0.15) is 64.2 Å². The lowest BCUT2D eigenvalue weighted by Crippen LogP contribution is -2.82. The predicted octanol–water partition coefficient (Wildman–Crippen LogP) is 4.34. The molecule has 1 saturated heterocycles. The Morgan fingerprint density at radius 2 is 1.18 bits per heavy atom. The van der Waals surface area contributed by atoms with Crippen LogP contribution < -0.4 is 0 Å². The van der Waals surface area contributed by atoms with Gasteiger partial charge in [0.2, 0.25) is 0 Å². The second kappa shape index (κ2) is 3.61. The largest absolute Gasteiger partial charge is 0.226 e. The van der Waals surface area contributed by atoms with Gasteiger partial charge in [-0.25, -0.2) is 9.78 Å². The number of rotatable bonds is 1. The second-order valence-corrected chi connectivity index (χ2v) is 10.5. The van der Waals surface area contributed by atoms with E-state index in [4.69, 9.17) is 9.78 Å². The van der Waals surface area contributed by atoms with E-state index >= 15 is 0 Å². The Kier molecular flexibility index (Phi) is 2.02. The molecular formula is C20H28O2. The fraction of sp³-hybridized carbons (Fsp3) is 1.00. The molecule has 0 amide bonds. The molecule has 0 radical (unpaired) electrons. The van der Waals surface area contributed by atoms with Crippen LogP contribution in [0.4, 0.5) is 0 Å². The zero-order valence-corrected chi connectivity index (χ0v) is 13.5. The van der Waals surface area contributed by atoms with Gasteiger partial charge < -0.3 is 0 Å². The minimum Gasteiger partial charge on any atom is -0.226 e. The van der Waals surface area contributed by atoms with Crippen molar-refractivity contribution in [2.45, 2.75) is 75.4 Å². The Morgan fingerprint density at radius 1 is 0.591 bits per heavy atom. The Morgan fingerprint density at radius 3 is 1.68 bits per heavy atom. The van der Waals surface area contributed by atoms with Crippen LogP contribution in [0, 0.1) is 47.3 Å². The van der Waals surface area contributed by atoms with Crippen molar-refractivity contribution < 1.29 is 9.78 Å². The average Bonchev–Trinajstić information content (AvgIpc) is 2.46. The summed E-state index contributed by atoms with van der Waals surface area (Å²) >= 11 is 0. The SMILES string of the molecule is C1C2CC3CC1CC(C2)C3C12OOC13CC1CC(CC2C1)C3. The molecule has 0 aromatic heterocycles. The van der Waals surface area contributed by atoms with Gasteiger partial charge in [-0.3, -0.25) is 0 Å². The summed E-state index contributed by atoms with van der Waals surface area (Å²) in [5.74, 6) is 7.74. The van der Waals surface area contributed by atoms with Crippen molar-refractivity contribution in [3.63, 3.8) is 0 Å². The summed E-state index contributed by atoms with van der Waals surface area (Å²) in [5, 5.41) is 0. The first-order valence-corrected chi connectivity index (χ1v) is 10.1. The molecule has 120 valence electrons. The van der Waals surface area contributed by atoms with Crippen LogP contribution >= 0.6 is 0 Å². The summed E-state index contributed by atoms with van der Waals surface area (Å²) in [6.07, 6.45) is 14.8. The van der Waals surface area contributed by atoms with E-state index in [1.807, 2.05) is 0 Å². The molecule has 9 aliphatic rings. The molecule has 0 aromatic rings. The van der Waals surface area contributed by atoms with E-state index in [1.165, 1.54) is 57.8 Å². The van der Waals surface area contributed by atoms with Crippen molar-refractivity contribution in [3.8, 4) is 0 Å². The number of hydrogen-bond donors (Lipinski definition) is 0. The average molecular weight is 300 g/mol. The van der Waals surface area contributed by atoms with E-state index in [0.717, 1.165) is 47.3 Å². The molecule has 1 heterocycles. The van der Waals surface area contributed by atoms with E-state index in [9.17, 15) is 0 Å². The molecule has 9 fully saturated rings. The summed E-state index contributed by atoms with van der Waals surface area (Å²) in [5.41, 5.74) is 0.338. The molecule has 3 unspecified atom stereocenters. The van der Waals surface area contributed by atoms with Crippen LogP contribution in [0.15, 0.2) is 0 Å². The lowest BCUT2D eigenvalue weighted by molar-refractivity contribution is -0.606. The van der Waals surface area contributed by atoms with Crippen molar-refractivity contribution in [1.82, 2.24) is 0 Å². The molecule has 22 heavy (non-hydrogen) atoms. The minimum atomic E-state index is 0.168. The van der Waals surface area contributed by atoms with Crippen LogP contribution in [0.5, 0.6) is 0 Å². The fourth-order valence-corrected chi connectivity index (χ4v) is 9.60. The van der Waals surface area contributed by atoms with Crippen molar-refractivity contribution in [3.05, 3.63) is 0 Å². The third kappa shape index (κ3) is 1.17. The first kappa shape index (κ1) is 12.3. The standard InChI is InChI=1S/C20H28O2/c1-11-3-15-5-12(1)6-16(4-11)18(15)20-17-7-13-2-14(8-17)10-19(20,9-13)21-22-20/h11-18H,1-10H2. The predicted molar refractivity (Wildman–Crippen MR) is 81.7 cm³/mol. The summed E-state index contributed by atoms with van der Waals surface area (Å²) < 4.78 is 0. The van der Waals surface area contributed by atoms with Crippen LogP contribution in [0.25, 0.3) is 0 Å². The molecule has 3 atom stereocenters. The van der Waals surface area contributed by atoms with Crippen LogP contribution in [-0.4, -0.2) is 11.2 Å². The fourth-order valence-electron chi connectivity index (χ4n) is 9.60. The first-order chi connectivity index (χ1) is 10.8. The van der Waals surface area contributed by atoms with Crippen molar-refractivity contribution >= 4 is 0 Å². The van der Waals surface area contributed by atoms with Crippen LogP contribution in [0.3, 0.4) is 0 Å². The summed E-state index contributed by atoms with van der Waals surface area (Å²) in [7, 11) is 0. The monoisotopic (exact) mass is 300 g/mol. The van der Waals surface area contributed by atoms with Crippen molar-refractivity contribution in [2.75, 3.05) is 0 Å². The first-order valence-electron chi connectivity index (χ1n) is 10.1. The van der Waals surface area contributed by atoms with Crippen molar-refractivity contribution in [2.24, 2.45) is 47.3 Å². The Hall–Kier alpha value is -0.0800. The molecule has 0 N–H and O–H groups in total. The molecular weight excluding hydrogens is 272 g/mol. The highest BCUT2D eigenvalue weighted by molar-refractivity contribution is 5.24. The van der Waals surface area contributed by atoms with Gasteiger partial charge in [-0.1, -0.05) is 0 Å². The van der Waals surface area contributed by atoms with E-state index in [0.29, 0.717) is 0 Å². The second-order valence-electron chi connectivity index (χ2n) is 10.5. The van der Waals surface area contributed by atoms with Crippen LogP contribution in [-0.2, 0) is 9.78 Å². The van der Waals surface area contributed by atoms with Gasteiger partial charge in [-0.2, -0.15) is 0 Å². The smallest absolute Gasteiger partial charge is 0.142 e.